The SMILES string of the molecule is CC(C)c1ccc(C(CO)Cc2cccs2)cc1. The van der Waals surface area contributed by atoms with Gasteiger partial charge in [-0.05, 0) is 34.9 Å². The molecule has 0 aliphatic heterocycles. The molecule has 96 valence electrons. The van der Waals surface area contributed by atoms with Crippen LogP contribution in [0.25, 0.3) is 0 Å². The van der Waals surface area contributed by atoms with Crippen LogP contribution in [-0.4, -0.2) is 11.7 Å². The summed E-state index contributed by atoms with van der Waals surface area (Å²) in [5, 5.41) is 11.7. The standard InChI is InChI=1S/C16H20OS/c1-12(2)13-5-7-14(8-6-13)15(11-17)10-16-4-3-9-18-16/h3-9,12,15,17H,10-11H2,1-2H3. The van der Waals surface area contributed by atoms with Gasteiger partial charge < -0.3 is 5.11 Å². The predicted octanol–water partition coefficient (Wildman–Crippen LogP) is 4.19. The van der Waals surface area contributed by atoms with Crippen molar-refractivity contribution in [3.63, 3.8) is 0 Å². The first-order valence-corrected chi connectivity index (χ1v) is 7.31. The lowest BCUT2D eigenvalue weighted by Gasteiger charge is -2.15. The molecule has 0 saturated heterocycles. The largest absolute Gasteiger partial charge is 0.396 e. The average Bonchev–Trinajstić information content (AvgIpc) is 2.89. The lowest BCUT2D eigenvalue weighted by atomic mass is 9.93. The molecule has 0 bridgehead atoms. The van der Waals surface area contributed by atoms with Crippen molar-refractivity contribution in [1.82, 2.24) is 0 Å². The van der Waals surface area contributed by atoms with E-state index in [9.17, 15) is 5.11 Å². The van der Waals surface area contributed by atoms with Gasteiger partial charge in [0.2, 0.25) is 0 Å². The molecule has 0 amide bonds. The highest BCUT2D eigenvalue weighted by Crippen LogP contribution is 2.24. The fourth-order valence-corrected chi connectivity index (χ4v) is 2.90. The molecule has 0 saturated carbocycles. The Bertz CT molecular complexity index is 456. The van der Waals surface area contributed by atoms with Gasteiger partial charge in [-0.25, -0.2) is 0 Å². The van der Waals surface area contributed by atoms with Crippen LogP contribution in [0.3, 0.4) is 0 Å². The van der Waals surface area contributed by atoms with Crippen LogP contribution in [0.5, 0.6) is 0 Å². The van der Waals surface area contributed by atoms with Crippen LogP contribution >= 0.6 is 11.3 Å². The summed E-state index contributed by atoms with van der Waals surface area (Å²) in [4.78, 5) is 1.34. The topological polar surface area (TPSA) is 20.2 Å². The molecule has 1 heterocycles. The average molecular weight is 260 g/mol. The molecule has 2 rings (SSSR count). The van der Waals surface area contributed by atoms with Crippen molar-refractivity contribution in [3.8, 4) is 0 Å². The lowest BCUT2D eigenvalue weighted by Crippen LogP contribution is -2.07. The fourth-order valence-electron chi connectivity index (χ4n) is 2.11. The Kier molecular flexibility index (Phi) is 4.56. The van der Waals surface area contributed by atoms with Crippen molar-refractivity contribution in [1.29, 1.82) is 0 Å². The fraction of sp³-hybridized carbons (Fsp3) is 0.375. The normalized spacial score (nSPS) is 12.9. The van der Waals surface area contributed by atoms with Crippen molar-refractivity contribution in [2.75, 3.05) is 6.61 Å². The second kappa shape index (κ2) is 6.17. The van der Waals surface area contributed by atoms with Crippen LogP contribution in [-0.2, 0) is 6.42 Å². The molecule has 2 heteroatoms. The molecule has 1 N–H and O–H groups in total. The quantitative estimate of drug-likeness (QED) is 0.854. The summed E-state index contributed by atoms with van der Waals surface area (Å²) in [5.74, 6) is 0.772. The van der Waals surface area contributed by atoms with Crippen molar-refractivity contribution in [3.05, 3.63) is 57.8 Å². The molecule has 0 spiro atoms. The third-order valence-corrected chi connectivity index (χ3v) is 4.22. The van der Waals surface area contributed by atoms with E-state index in [2.05, 4.69) is 55.6 Å². The molecular weight excluding hydrogens is 240 g/mol. The van der Waals surface area contributed by atoms with Crippen molar-refractivity contribution in [2.45, 2.75) is 32.1 Å². The molecule has 0 radical (unpaired) electrons. The summed E-state index contributed by atoms with van der Waals surface area (Å²) in [6.07, 6.45) is 0.926. The molecule has 0 aliphatic carbocycles. The maximum Gasteiger partial charge on any atom is 0.0503 e. The summed E-state index contributed by atoms with van der Waals surface area (Å²) in [6.45, 7) is 4.60. The number of aliphatic hydroxyl groups excluding tert-OH is 1. The lowest BCUT2D eigenvalue weighted by molar-refractivity contribution is 0.265. The Morgan fingerprint density at radius 3 is 2.22 bits per heavy atom. The van der Waals surface area contributed by atoms with Gasteiger partial charge in [-0.2, -0.15) is 0 Å². The monoisotopic (exact) mass is 260 g/mol. The summed E-state index contributed by atoms with van der Waals surface area (Å²) >= 11 is 1.76. The van der Waals surface area contributed by atoms with E-state index >= 15 is 0 Å². The Morgan fingerprint density at radius 2 is 1.72 bits per heavy atom. The summed E-state index contributed by atoms with van der Waals surface area (Å²) < 4.78 is 0. The summed E-state index contributed by atoms with van der Waals surface area (Å²) in [7, 11) is 0. The Balaban J connectivity index is 2.12. The zero-order chi connectivity index (χ0) is 13.0. The minimum atomic E-state index is 0.207. The molecule has 2 aromatic rings. The first-order valence-electron chi connectivity index (χ1n) is 6.43. The third kappa shape index (κ3) is 3.21. The van der Waals surface area contributed by atoms with E-state index in [1.807, 2.05) is 0 Å². The van der Waals surface area contributed by atoms with Crippen LogP contribution in [0.1, 0.15) is 41.7 Å². The molecule has 1 unspecified atom stereocenters. The molecule has 18 heavy (non-hydrogen) atoms. The minimum absolute atomic E-state index is 0.207. The molecule has 0 aliphatic rings. The van der Waals surface area contributed by atoms with Crippen molar-refractivity contribution >= 4 is 11.3 Å². The van der Waals surface area contributed by atoms with Crippen LogP contribution < -0.4 is 0 Å². The number of thiophene rings is 1. The van der Waals surface area contributed by atoms with Gasteiger partial charge in [0.05, 0.1) is 6.61 Å². The van der Waals surface area contributed by atoms with Crippen LogP contribution in [0.4, 0.5) is 0 Å². The number of hydrogen-bond acceptors (Lipinski definition) is 2. The van der Waals surface area contributed by atoms with Gasteiger partial charge >= 0.3 is 0 Å². The second-order valence-corrected chi connectivity index (χ2v) is 6.02. The predicted molar refractivity (Wildman–Crippen MR) is 78.4 cm³/mol. The minimum Gasteiger partial charge on any atom is -0.396 e. The zero-order valence-corrected chi connectivity index (χ0v) is 11.8. The number of benzene rings is 1. The van der Waals surface area contributed by atoms with E-state index < -0.39 is 0 Å². The molecular formula is C16H20OS. The maximum absolute atomic E-state index is 9.56. The molecule has 1 aromatic carbocycles. The highest BCUT2D eigenvalue weighted by Gasteiger charge is 2.12. The van der Waals surface area contributed by atoms with E-state index in [4.69, 9.17) is 0 Å². The molecule has 1 atom stereocenters. The second-order valence-electron chi connectivity index (χ2n) is 4.98. The van der Waals surface area contributed by atoms with Crippen LogP contribution in [0.2, 0.25) is 0 Å². The first-order chi connectivity index (χ1) is 8.70. The number of aliphatic hydroxyl groups is 1. The molecule has 1 aromatic heterocycles. The van der Waals surface area contributed by atoms with Crippen molar-refractivity contribution in [2.24, 2.45) is 0 Å². The highest BCUT2D eigenvalue weighted by atomic mass is 32.1. The Hall–Kier alpha value is -1.12. The molecule has 1 nitrogen and oxygen atoms in total. The first kappa shape index (κ1) is 13.3. The van der Waals surface area contributed by atoms with Gasteiger partial charge in [0.25, 0.3) is 0 Å². The highest BCUT2D eigenvalue weighted by molar-refractivity contribution is 7.09. The van der Waals surface area contributed by atoms with Gasteiger partial charge in [0, 0.05) is 10.8 Å². The Morgan fingerprint density at radius 1 is 1.06 bits per heavy atom. The van der Waals surface area contributed by atoms with E-state index in [1.165, 1.54) is 16.0 Å². The molecule has 0 fully saturated rings. The van der Waals surface area contributed by atoms with E-state index in [0.717, 1.165) is 6.42 Å². The van der Waals surface area contributed by atoms with Gasteiger partial charge in [0.1, 0.15) is 0 Å². The maximum atomic E-state index is 9.56. The van der Waals surface area contributed by atoms with Crippen LogP contribution in [0, 0.1) is 0 Å². The third-order valence-electron chi connectivity index (χ3n) is 3.32. The zero-order valence-electron chi connectivity index (χ0n) is 11.0. The summed E-state index contributed by atoms with van der Waals surface area (Å²) in [5.41, 5.74) is 2.59. The van der Waals surface area contributed by atoms with Crippen LogP contribution in [0.15, 0.2) is 41.8 Å². The number of hydrogen-bond donors (Lipinski definition) is 1. The van der Waals surface area contributed by atoms with Gasteiger partial charge in [-0.3, -0.25) is 0 Å². The smallest absolute Gasteiger partial charge is 0.0503 e. The van der Waals surface area contributed by atoms with Gasteiger partial charge in [0.15, 0.2) is 0 Å². The van der Waals surface area contributed by atoms with E-state index in [0.29, 0.717) is 5.92 Å². The van der Waals surface area contributed by atoms with Gasteiger partial charge in [-0.1, -0.05) is 44.2 Å². The van der Waals surface area contributed by atoms with E-state index in [-0.39, 0.29) is 12.5 Å². The number of rotatable bonds is 5. The van der Waals surface area contributed by atoms with E-state index in [1.54, 1.807) is 11.3 Å². The summed E-state index contributed by atoms with van der Waals surface area (Å²) in [6, 6.07) is 12.9. The van der Waals surface area contributed by atoms with Gasteiger partial charge in [-0.15, -0.1) is 11.3 Å². The Labute approximate surface area is 113 Å². The van der Waals surface area contributed by atoms with Crippen molar-refractivity contribution < 1.29 is 5.11 Å².